The van der Waals surface area contributed by atoms with E-state index in [4.69, 9.17) is 5.73 Å². The van der Waals surface area contributed by atoms with Gasteiger partial charge in [-0.05, 0) is 38.0 Å². The maximum atomic E-state index is 11.9. The first kappa shape index (κ1) is 16.2. The molecule has 2 saturated carbocycles. The van der Waals surface area contributed by atoms with Gasteiger partial charge in [0.1, 0.15) is 0 Å². The molecule has 2 aliphatic rings. The molecule has 18 heavy (non-hydrogen) atoms. The first-order chi connectivity index (χ1) is 8.05. The van der Waals surface area contributed by atoms with Gasteiger partial charge in [-0.15, -0.1) is 12.4 Å². The molecule has 0 amide bonds. The first-order valence-corrected chi connectivity index (χ1v) is 8.46. The van der Waals surface area contributed by atoms with Crippen LogP contribution in [0, 0.1) is 5.92 Å². The molecule has 0 unspecified atom stereocenters. The van der Waals surface area contributed by atoms with Crippen molar-refractivity contribution in [2.75, 3.05) is 5.75 Å². The molecule has 2 aliphatic carbocycles. The molecule has 0 saturated heterocycles. The second-order valence-corrected chi connectivity index (χ2v) is 7.51. The second kappa shape index (κ2) is 7.08. The highest BCUT2D eigenvalue weighted by molar-refractivity contribution is 7.89. The number of sulfonamides is 1. The fourth-order valence-corrected chi connectivity index (χ4v) is 4.16. The average molecular weight is 297 g/mol. The minimum atomic E-state index is -3.06. The molecular weight excluding hydrogens is 272 g/mol. The standard InChI is InChI=1S/C12H24N2O2S.ClH/c13-11-4-6-12(7-5-11)14-17(15,16)9-8-10-2-1-3-10;/h10-12,14H,1-9,13H2;1H. The molecule has 0 atom stereocenters. The van der Waals surface area contributed by atoms with Crippen LogP contribution in [0.3, 0.4) is 0 Å². The molecule has 3 N–H and O–H groups in total. The quantitative estimate of drug-likeness (QED) is 0.812. The van der Waals surface area contributed by atoms with Gasteiger partial charge in [0.15, 0.2) is 0 Å². The molecular formula is C12H25ClN2O2S. The Morgan fingerprint density at radius 2 is 1.67 bits per heavy atom. The fourth-order valence-electron chi connectivity index (χ4n) is 2.65. The van der Waals surface area contributed by atoms with E-state index in [9.17, 15) is 8.42 Å². The monoisotopic (exact) mass is 296 g/mol. The maximum Gasteiger partial charge on any atom is 0.211 e. The Morgan fingerprint density at radius 1 is 1.06 bits per heavy atom. The Labute approximate surface area is 117 Å². The topological polar surface area (TPSA) is 72.2 Å². The highest BCUT2D eigenvalue weighted by Gasteiger charge is 2.25. The van der Waals surface area contributed by atoms with Crippen molar-refractivity contribution in [1.29, 1.82) is 0 Å². The molecule has 4 nitrogen and oxygen atoms in total. The van der Waals surface area contributed by atoms with Gasteiger partial charge >= 0.3 is 0 Å². The molecule has 6 heteroatoms. The molecule has 0 radical (unpaired) electrons. The molecule has 0 aliphatic heterocycles. The van der Waals surface area contributed by atoms with Crippen LogP contribution in [0.5, 0.6) is 0 Å². The number of hydrogen-bond donors (Lipinski definition) is 2. The van der Waals surface area contributed by atoms with Crippen LogP contribution in [0.15, 0.2) is 0 Å². The highest BCUT2D eigenvalue weighted by Crippen LogP contribution is 2.29. The molecule has 2 rings (SSSR count). The summed E-state index contributed by atoms with van der Waals surface area (Å²) in [6.07, 6.45) is 8.21. The molecule has 0 spiro atoms. The van der Waals surface area contributed by atoms with E-state index in [1.165, 1.54) is 19.3 Å². The zero-order valence-electron chi connectivity index (χ0n) is 10.8. The Balaban J connectivity index is 0.00000162. The third kappa shape index (κ3) is 5.03. The number of nitrogens with one attached hydrogen (secondary N) is 1. The smallest absolute Gasteiger partial charge is 0.211 e. The lowest BCUT2D eigenvalue weighted by Crippen LogP contribution is -2.41. The van der Waals surface area contributed by atoms with Crippen molar-refractivity contribution < 1.29 is 8.42 Å². The van der Waals surface area contributed by atoms with Crippen molar-refractivity contribution in [2.45, 2.75) is 63.5 Å². The Morgan fingerprint density at radius 3 is 2.17 bits per heavy atom. The van der Waals surface area contributed by atoms with Gasteiger partial charge in [0, 0.05) is 12.1 Å². The van der Waals surface area contributed by atoms with Crippen molar-refractivity contribution in [1.82, 2.24) is 4.72 Å². The van der Waals surface area contributed by atoms with Gasteiger partial charge in [-0.25, -0.2) is 13.1 Å². The van der Waals surface area contributed by atoms with Crippen LogP contribution in [0.2, 0.25) is 0 Å². The largest absolute Gasteiger partial charge is 0.328 e. The Kier molecular flexibility index (Phi) is 6.38. The molecule has 2 fully saturated rings. The predicted molar refractivity (Wildman–Crippen MR) is 76.4 cm³/mol. The van der Waals surface area contributed by atoms with E-state index in [1.807, 2.05) is 0 Å². The van der Waals surface area contributed by atoms with Gasteiger partial charge in [0.2, 0.25) is 10.0 Å². The Hall–Kier alpha value is 0.160. The lowest BCUT2D eigenvalue weighted by Gasteiger charge is -2.28. The zero-order valence-corrected chi connectivity index (χ0v) is 12.4. The van der Waals surface area contributed by atoms with E-state index >= 15 is 0 Å². The third-order valence-corrected chi connectivity index (χ3v) is 5.60. The van der Waals surface area contributed by atoms with Gasteiger partial charge in [0.25, 0.3) is 0 Å². The van der Waals surface area contributed by atoms with Crippen molar-refractivity contribution in [2.24, 2.45) is 11.7 Å². The zero-order chi connectivity index (χ0) is 12.3. The van der Waals surface area contributed by atoms with E-state index in [1.54, 1.807) is 0 Å². The second-order valence-electron chi connectivity index (χ2n) is 5.63. The summed E-state index contributed by atoms with van der Waals surface area (Å²) in [5.74, 6) is 0.964. The van der Waals surface area contributed by atoms with Crippen molar-refractivity contribution >= 4 is 22.4 Å². The molecule has 0 bridgehead atoms. The van der Waals surface area contributed by atoms with Crippen LogP contribution < -0.4 is 10.5 Å². The van der Waals surface area contributed by atoms with E-state index in [0.717, 1.165) is 32.1 Å². The SMILES string of the molecule is Cl.NC1CCC(NS(=O)(=O)CCC2CCC2)CC1. The number of hydrogen-bond acceptors (Lipinski definition) is 3. The fraction of sp³-hybridized carbons (Fsp3) is 1.00. The number of nitrogens with two attached hydrogens (primary N) is 1. The minimum absolute atomic E-state index is 0. The summed E-state index contributed by atoms with van der Waals surface area (Å²) < 4.78 is 26.6. The normalized spacial score (nSPS) is 29.4. The summed E-state index contributed by atoms with van der Waals surface area (Å²) in [7, 11) is -3.06. The van der Waals surface area contributed by atoms with Crippen molar-refractivity contribution in [3.05, 3.63) is 0 Å². The van der Waals surface area contributed by atoms with E-state index < -0.39 is 10.0 Å². The molecule has 0 aromatic rings. The molecule has 0 aromatic carbocycles. The average Bonchev–Trinajstić information content (AvgIpc) is 2.19. The van der Waals surface area contributed by atoms with Gasteiger partial charge in [0.05, 0.1) is 5.75 Å². The maximum absolute atomic E-state index is 11.9. The van der Waals surface area contributed by atoms with Gasteiger partial charge in [-0.1, -0.05) is 19.3 Å². The van der Waals surface area contributed by atoms with E-state index in [0.29, 0.717) is 11.7 Å². The third-order valence-electron chi connectivity index (χ3n) is 4.14. The minimum Gasteiger partial charge on any atom is -0.328 e. The van der Waals surface area contributed by atoms with Crippen LogP contribution in [0.1, 0.15) is 51.4 Å². The van der Waals surface area contributed by atoms with Crippen LogP contribution in [-0.2, 0) is 10.0 Å². The Bertz CT molecular complexity index is 336. The summed E-state index contributed by atoms with van der Waals surface area (Å²) in [4.78, 5) is 0. The molecule has 108 valence electrons. The molecule has 0 heterocycles. The van der Waals surface area contributed by atoms with Crippen molar-refractivity contribution in [3.8, 4) is 0 Å². The summed E-state index contributed by atoms with van der Waals surface area (Å²) in [6, 6.07) is 0.395. The predicted octanol–water partition coefficient (Wildman–Crippen LogP) is 1.79. The molecule has 0 aromatic heterocycles. The first-order valence-electron chi connectivity index (χ1n) is 6.81. The lowest BCUT2D eigenvalue weighted by atomic mass is 9.84. The van der Waals surface area contributed by atoms with Crippen LogP contribution >= 0.6 is 12.4 Å². The summed E-state index contributed by atoms with van der Waals surface area (Å²) >= 11 is 0. The summed E-state index contributed by atoms with van der Waals surface area (Å²) in [5.41, 5.74) is 5.81. The van der Waals surface area contributed by atoms with Gasteiger partial charge < -0.3 is 5.73 Å². The highest BCUT2D eigenvalue weighted by atomic mass is 35.5. The van der Waals surface area contributed by atoms with Crippen LogP contribution in [0.4, 0.5) is 0 Å². The summed E-state index contributed by atoms with van der Waals surface area (Å²) in [6.45, 7) is 0. The van der Waals surface area contributed by atoms with Gasteiger partial charge in [-0.3, -0.25) is 0 Å². The van der Waals surface area contributed by atoms with E-state index in [2.05, 4.69) is 4.72 Å². The summed E-state index contributed by atoms with van der Waals surface area (Å²) in [5, 5.41) is 0. The van der Waals surface area contributed by atoms with E-state index in [-0.39, 0.29) is 24.5 Å². The number of halogens is 1. The van der Waals surface area contributed by atoms with Gasteiger partial charge in [-0.2, -0.15) is 0 Å². The number of rotatable bonds is 5. The van der Waals surface area contributed by atoms with Crippen LogP contribution in [-0.4, -0.2) is 26.3 Å². The van der Waals surface area contributed by atoms with Crippen molar-refractivity contribution in [3.63, 3.8) is 0 Å². The van der Waals surface area contributed by atoms with Crippen LogP contribution in [0.25, 0.3) is 0 Å². The lowest BCUT2D eigenvalue weighted by molar-refractivity contribution is 0.306.